The first-order valence-electron chi connectivity index (χ1n) is 12.1. The van der Waals surface area contributed by atoms with Gasteiger partial charge in [0.2, 0.25) is 0 Å². The summed E-state index contributed by atoms with van der Waals surface area (Å²) in [7, 11) is 4.02. The summed E-state index contributed by atoms with van der Waals surface area (Å²) in [5.41, 5.74) is 3.94. The van der Waals surface area contributed by atoms with Gasteiger partial charge in [0.25, 0.3) is 0 Å². The molecule has 0 aliphatic carbocycles. The Balaban J connectivity index is 1.74. The monoisotopic (exact) mass is 503 g/mol. The fraction of sp³-hybridized carbons (Fsp3) is 0.241. The van der Waals surface area contributed by atoms with E-state index in [1.807, 2.05) is 50.5 Å². The lowest BCUT2D eigenvalue weighted by atomic mass is 10.0. The van der Waals surface area contributed by atoms with Crippen LogP contribution in [-0.2, 0) is 16.1 Å². The van der Waals surface area contributed by atoms with Gasteiger partial charge in [-0.3, -0.25) is 4.79 Å². The number of nitrogens with one attached hydrogen (secondary N) is 1. The number of aliphatic imine (C=N–C) groups is 1. The van der Waals surface area contributed by atoms with E-state index < -0.39 is 5.82 Å². The zero-order valence-corrected chi connectivity index (χ0v) is 21.1. The van der Waals surface area contributed by atoms with Crippen LogP contribution in [0.2, 0.25) is 0 Å². The van der Waals surface area contributed by atoms with Gasteiger partial charge in [0.15, 0.2) is 5.88 Å². The Bertz CT molecular complexity index is 1410. The van der Waals surface area contributed by atoms with E-state index in [1.165, 1.54) is 12.1 Å². The summed E-state index contributed by atoms with van der Waals surface area (Å²) in [5.74, 6) is -0.305. The average molecular weight is 504 g/mol. The Kier molecular flexibility index (Phi) is 8.20. The van der Waals surface area contributed by atoms with Crippen molar-refractivity contribution in [3.05, 3.63) is 89.2 Å². The molecule has 8 heteroatoms. The van der Waals surface area contributed by atoms with Crippen LogP contribution in [0.15, 0.2) is 71.7 Å². The van der Waals surface area contributed by atoms with Crippen molar-refractivity contribution in [2.75, 3.05) is 27.3 Å². The number of hydrogen-bond acceptors (Lipinski definition) is 6. The van der Waals surface area contributed by atoms with Crippen LogP contribution in [0.25, 0.3) is 10.9 Å². The quantitative estimate of drug-likeness (QED) is 0.218. The molecular weight excluding hydrogens is 473 g/mol. The van der Waals surface area contributed by atoms with E-state index in [-0.39, 0.29) is 24.9 Å². The predicted octanol–water partition coefficient (Wildman–Crippen LogP) is 5.58. The second kappa shape index (κ2) is 11.7. The third-order valence-corrected chi connectivity index (χ3v) is 5.64. The molecule has 0 atom stereocenters. The number of ether oxygens (including phenoxy) is 2. The van der Waals surface area contributed by atoms with Crippen molar-refractivity contribution >= 4 is 28.3 Å². The van der Waals surface area contributed by atoms with Gasteiger partial charge in [0.05, 0.1) is 42.1 Å². The maximum absolute atomic E-state index is 13.9. The number of hydrogen-bond donors (Lipinski definition) is 2. The molecule has 4 rings (SSSR count). The number of carbonyl (C=O) groups excluding carboxylic acids is 1. The van der Waals surface area contributed by atoms with Gasteiger partial charge in [0.1, 0.15) is 11.6 Å². The van der Waals surface area contributed by atoms with Crippen LogP contribution in [0.4, 0.5) is 10.1 Å². The van der Waals surface area contributed by atoms with Crippen LogP contribution in [0.1, 0.15) is 30.0 Å². The van der Waals surface area contributed by atoms with E-state index >= 15 is 0 Å². The molecule has 0 spiro atoms. The molecule has 4 aromatic rings. The number of aromatic nitrogens is 1. The molecule has 2 N–H and O–H groups in total. The number of carbonyl (C=O) groups is 1. The van der Waals surface area contributed by atoms with E-state index in [1.54, 1.807) is 25.1 Å². The average Bonchev–Trinajstić information content (AvgIpc) is 3.18. The summed E-state index contributed by atoms with van der Waals surface area (Å²) in [6, 6.07) is 19.4. The molecule has 1 heterocycles. The predicted molar refractivity (Wildman–Crippen MR) is 142 cm³/mol. The summed E-state index contributed by atoms with van der Waals surface area (Å²) in [4.78, 5) is 21.5. The molecule has 0 aliphatic heterocycles. The maximum atomic E-state index is 13.9. The minimum Gasteiger partial charge on any atom is -0.494 e. The Morgan fingerprint density at radius 2 is 1.86 bits per heavy atom. The van der Waals surface area contributed by atoms with Crippen molar-refractivity contribution in [1.29, 1.82) is 0 Å². The SMILES string of the molecule is CCOC(=O)CCOc1cccc(C(=Nc2ccc(CN(C)C)cc2)c2c(O)[nH]c3cc(F)ccc23)c1. The van der Waals surface area contributed by atoms with E-state index in [2.05, 4.69) is 9.88 Å². The highest BCUT2D eigenvalue weighted by Gasteiger charge is 2.20. The second-order valence-corrected chi connectivity index (χ2v) is 8.83. The van der Waals surface area contributed by atoms with Gasteiger partial charge >= 0.3 is 5.97 Å². The van der Waals surface area contributed by atoms with Crippen molar-refractivity contribution in [3.8, 4) is 11.6 Å². The number of fused-ring (bicyclic) bond motifs is 1. The van der Waals surface area contributed by atoms with Crippen LogP contribution in [0.3, 0.4) is 0 Å². The summed E-state index contributed by atoms with van der Waals surface area (Å²) in [6.07, 6.45) is 0.132. The zero-order chi connectivity index (χ0) is 26.4. The highest BCUT2D eigenvalue weighted by atomic mass is 19.1. The first-order valence-corrected chi connectivity index (χ1v) is 12.1. The number of halogens is 1. The molecule has 0 radical (unpaired) electrons. The minimum atomic E-state index is -0.410. The third-order valence-electron chi connectivity index (χ3n) is 5.64. The van der Waals surface area contributed by atoms with Crippen molar-refractivity contribution in [3.63, 3.8) is 0 Å². The van der Waals surface area contributed by atoms with Crippen molar-refractivity contribution in [1.82, 2.24) is 9.88 Å². The van der Waals surface area contributed by atoms with E-state index in [0.29, 0.717) is 45.8 Å². The number of benzene rings is 3. The first-order chi connectivity index (χ1) is 17.8. The van der Waals surface area contributed by atoms with Crippen LogP contribution in [0.5, 0.6) is 11.6 Å². The fourth-order valence-electron chi connectivity index (χ4n) is 4.05. The molecule has 37 heavy (non-hydrogen) atoms. The molecule has 7 nitrogen and oxygen atoms in total. The van der Waals surface area contributed by atoms with Crippen LogP contribution in [0, 0.1) is 5.82 Å². The molecule has 0 aliphatic rings. The molecule has 0 unspecified atom stereocenters. The maximum Gasteiger partial charge on any atom is 0.309 e. The molecule has 3 aromatic carbocycles. The van der Waals surface area contributed by atoms with Crippen LogP contribution >= 0.6 is 0 Å². The summed E-state index contributed by atoms with van der Waals surface area (Å²) >= 11 is 0. The molecule has 0 bridgehead atoms. The van der Waals surface area contributed by atoms with Gasteiger partial charge in [-0.2, -0.15) is 0 Å². The van der Waals surface area contributed by atoms with E-state index in [4.69, 9.17) is 14.5 Å². The Morgan fingerprint density at radius 3 is 2.59 bits per heavy atom. The van der Waals surface area contributed by atoms with Gasteiger partial charge in [-0.15, -0.1) is 0 Å². The summed E-state index contributed by atoms with van der Waals surface area (Å²) < 4.78 is 24.6. The highest BCUT2D eigenvalue weighted by molar-refractivity contribution is 6.22. The normalized spacial score (nSPS) is 11.8. The lowest BCUT2D eigenvalue weighted by Crippen LogP contribution is -2.10. The number of aromatic amines is 1. The molecular formula is C29H30FN3O4. The number of aromatic hydroxyl groups is 1. The lowest BCUT2D eigenvalue weighted by Gasteiger charge is -2.12. The van der Waals surface area contributed by atoms with E-state index in [9.17, 15) is 14.3 Å². The fourth-order valence-corrected chi connectivity index (χ4v) is 4.05. The van der Waals surface area contributed by atoms with Crippen LogP contribution < -0.4 is 4.74 Å². The van der Waals surface area contributed by atoms with Gasteiger partial charge in [0, 0.05) is 17.5 Å². The molecule has 192 valence electrons. The third kappa shape index (κ3) is 6.54. The van der Waals surface area contributed by atoms with Gasteiger partial charge in [-0.25, -0.2) is 9.38 Å². The van der Waals surface area contributed by atoms with Crippen molar-refractivity contribution in [2.45, 2.75) is 19.9 Å². The zero-order valence-electron chi connectivity index (χ0n) is 21.1. The van der Waals surface area contributed by atoms with Gasteiger partial charge < -0.3 is 24.5 Å². The summed E-state index contributed by atoms with van der Waals surface area (Å²) in [6.45, 7) is 3.05. The topological polar surface area (TPSA) is 87.2 Å². The Morgan fingerprint density at radius 1 is 1.08 bits per heavy atom. The van der Waals surface area contributed by atoms with E-state index in [0.717, 1.165) is 12.1 Å². The number of H-pyrrole nitrogens is 1. The molecule has 1 aromatic heterocycles. The van der Waals surface area contributed by atoms with Gasteiger partial charge in [-0.05, 0) is 69.0 Å². The van der Waals surface area contributed by atoms with Crippen molar-refractivity contribution in [2.24, 2.45) is 4.99 Å². The summed E-state index contributed by atoms with van der Waals surface area (Å²) in [5, 5.41) is 11.5. The molecule has 0 fully saturated rings. The molecule has 0 saturated heterocycles. The first kappa shape index (κ1) is 25.9. The van der Waals surface area contributed by atoms with Crippen molar-refractivity contribution < 1.29 is 23.8 Å². The standard InChI is InChI=1S/C29H30FN3O4/c1-4-36-26(34)14-15-37-23-7-5-6-20(16-23)28(31-22-11-8-19(9-12-22)18-33(2)3)27-24-13-10-21(30)17-25(24)32-29(27)35/h5-13,16-17,32,35H,4,14-15,18H2,1-3H3. The lowest BCUT2D eigenvalue weighted by molar-refractivity contribution is -0.143. The second-order valence-electron chi connectivity index (χ2n) is 8.83. The number of nitrogens with zero attached hydrogens (tertiary/aromatic N) is 2. The highest BCUT2D eigenvalue weighted by Crippen LogP contribution is 2.32. The number of esters is 1. The minimum absolute atomic E-state index is 0.114. The Hall–Kier alpha value is -4.17. The number of rotatable bonds is 10. The molecule has 0 amide bonds. The molecule has 0 saturated carbocycles. The van der Waals surface area contributed by atoms with Crippen LogP contribution in [-0.4, -0.2) is 54.0 Å². The largest absolute Gasteiger partial charge is 0.494 e. The smallest absolute Gasteiger partial charge is 0.309 e. The van der Waals surface area contributed by atoms with Gasteiger partial charge in [-0.1, -0.05) is 24.3 Å². The Labute approximate surface area is 215 Å².